The van der Waals surface area contributed by atoms with Crippen LogP contribution in [0.3, 0.4) is 0 Å². The average molecular weight is 336 g/mol. The lowest BCUT2D eigenvalue weighted by molar-refractivity contribution is 0.102. The van der Waals surface area contributed by atoms with Crippen LogP contribution in [0.4, 0.5) is 11.4 Å². The van der Waals surface area contributed by atoms with Crippen molar-refractivity contribution in [2.75, 3.05) is 17.9 Å². The number of nitrogens with one attached hydrogen (secondary N) is 3. The van der Waals surface area contributed by atoms with E-state index in [4.69, 9.17) is 21.1 Å². The summed E-state index contributed by atoms with van der Waals surface area (Å²) in [7, 11) is 1.46. The first-order valence-electron chi connectivity index (χ1n) is 7.17. The Kier molecular flexibility index (Phi) is 5.68. The summed E-state index contributed by atoms with van der Waals surface area (Å²) in [6, 6.07) is 15.4. The Morgan fingerprint density at radius 2 is 2.00 bits per heavy atom. The van der Waals surface area contributed by atoms with Crippen LogP contribution in [0.2, 0.25) is 0 Å². The number of anilines is 2. The molecule has 5 N–H and O–H groups in total. The van der Waals surface area contributed by atoms with Gasteiger partial charge in [-0.25, -0.2) is 0 Å². The quantitative estimate of drug-likeness (QED) is 0.364. The zero-order valence-corrected chi connectivity index (χ0v) is 13.4. The molecule has 0 fully saturated rings. The summed E-state index contributed by atoms with van der Waals surface area (Å²) >= 11 is 0. The standard InChI is InChI=1S/C17H16N6O2/c1-25-15-8-7-11(17(24)21-12-5-3-2-4-6-12)9-13(15)22-23-14(10-18)16(19)20/h2-9,22H,1H3,(H3,19,20)(H,21,24)/b23-14+. The summed E-state index contributed by atoms with van der Waals surface area (Å²) in [6.45, 7) is 0. The fourth-order valence-electron chi connectivity index (χ4n) is 1.92. The summed E-state index contributed by atoms with van der Waals surface area (Å²) < 4.78 is 5.19. The molecule has 0 aliphatic carbocycles. The summed E-state index contributed by atoms with van der Waals surface area (Å²) in [4.78, 5) is 12.3. The van der Waals surface area contributed by atoms with Crippen molar-refractivity contribution < 1.29 is 9.53 Å². The molecule has 0 aromatic heterocycles. The molecule has 0 saturated heterocycles. The maximum Gasteiger partial charge on any atom is 0.255 e. The zero-order valence-electron chi connectivity index (χ0n) is 13.4. The first kappa shape index (κ1) is 17.5. The number of nitrogens with two attached hydrogens (primary N) is 1. The highest BCUT2D eigenvalue weighted by atomic mass is 16.5. The number of nitrogens with zero attached hydrogens (tertiary/aromatic N) is 2. The third kappa shape index (κ3) is 4.56. The van der Waals surface area contributed by atoms with E-state index in [2.05, 4.69) is 15.8 Å². The summed E-state index contributed by atoms with van der Waals surface area (Å²) in [5, 5.41) is 22.6. The maximum absolute atomic E-state index is 12.3. The van der Waals surface area contributed by atoms with Crippen LogP contribution in [0, 0.1) is 16.7 Å². The smallest absolute Gasteiger partial charge is 0.255 e. The Bertz CT molecular complexity index is 855. The van der Waals surface area contributed by atoms with Crippen LogP contribution in [0.15, 0.2) is 53.6 Å². The second-order valence-electron chi connectivity index (χ2n) is 4.83. The van der Waals surface area contributed by atoms with Gasteiger partial charge in [-0.3, -0.25) is 15.6 Å². The van der Waals surface area contributed by atoms with Gasteiger partial charge in [0.05, 0.1) is 12.8 Å². The van der Waals surface area contributed by atoms with E-state index in [0.29, 0.717) is 22.7 Å². The van der Waals surface area contributed by atoms with Crippen LogP contribution in [0.25, 0.3) is 0 Å². The highest BCUT2D eigenvalue weighted by Gasteiger charge is 2.11. The van der Waals surface area contributed by atoms with E-state index in [1.807, 2.05) is 18.2 Å². The summed E-state index contributed by atoms with van der Waals surface area (Å²) in [6.07, 6.45) is 0. The van der Waals surface area contributed by atoms with Gasteiger partial charge in [0.1, 0.15) is 11.8 Å². The molecule has 0 saturated carbocycles. The Morgan fingerprint density at radius 1 is 1.28 bits per heavy atom. The van der Waals surface area contributed by atoms with Crippen LogP contribution in [-0.4, -0.2) is 24.6 Å². The van der Waals surface area contributed by atoms with Crippen molar-refractivity contribution >= 4 is 28.8 Å². The molecule has 0 radical (unpaired) electrons. The highest BCUT2D eigenvalue weighted by Crippen LogP contribution is 2.26. The van der Waals surface area contributed by atoms with E-state index in [-0.39, 0.29) is 11.6 Å². The number of hydrogen-bond acceptors (Lipinski definition) is 6. The largest absolute Gasteiger partial charge is 0.495 e. The predicted molar refractivity (Wildman–Crippen MR) is 96.0 cm³/mol. The number of nitriles is 1. The molecule has 2 rings (SSSR count). The van der Waals surface area contributed by atoms with Gasteiger partial charge in [0.15, 0.2) is 5.84 Å². The van der Waals surface area contributed by atoms with Gasteiger partial charge in [-0.2, -0.15) is 10.4 Å². The Hall–Kier alpha value is -3.86. The monoisotopic (exact) mass is 336 g/mol. The van der Waals surface area contributed by atoms with Gasteiger partial charge < -0.3 is 15.8 Å². The minimum absolute atomic E-state index is 0.277. The first-order chi connectivity index (χ1) is 12.0. The van der Waals surface area contributed by atoms with Crippen molar-refractivity contribution in [2.24, 2.45) is 10.8 Å². The van der Waals surface area contributed by atoms with E-state index >= 15 is 0 Å². The van der Waals surface area contributed by atoms with Gasteiger partial charge in [0, 0.05) is 11.3 Å². The number of carbonyl (C=O) groups excluding carboxylic acids is 1. The third-order valence-corrected chi connectivity index (χ3v) is 3.14. The summed E-state index contributed by atoms with van der Waals surface area (Å²) in [5.41, 5.74) is 8.95. The summed E-state index contributed by atoms with van der Waals surface area (Å²) in [5.74, 6) is -0.360. The number of rotatable bonds is 6. The Labute approximate surface area is 144 Å². The molecule has 2 aromatic rings. The first-order valence-corrected chi connectivity index (χ1v) is 7.17. The van der Waals surface area contributed by atoms with E-state index in [0.717, 1.165) is 0 Å². The second-order valence-corrected chi connectivity index (χ2v) is 4.83. The highest BCUT2D eigenvalue weighted by molar-refractivity contribution is 6.45. The molecule has 0 aliphatic heterocycles. The number of hydrogen-bond donors (Lipinski definition) is 4. The number of methoxy groups -OCH3 is 1. The van der Waals surface area contributed by atoms with Crippen LogP contribution >= 0.6 is 0 Å². The van der Waals surface area contributed by atoms with E-state index < -0.39 is 5.84 Å². The van der Waals surface area contributed by atoms with Crippen LogP contribution in [-0.2, 0) is 0 Å². The normalized spacial score (nSPS) is 10.5. The predicted octanol–water partition coefficient (Wildman–Crippen LogP) is 2.17. The molecule has 0 unspecified atom stereocenters. The SMILES string of the molecule is COc1ccc(C(=O)Nc2ccccc2)cc1N/N=C(\C#N)C(=N)N. The zero-order chi connectivity index (χ0) is 18.2. The van der Waals surface area contributed by atoms with Crippen molar-refractivity contribution in [1.29, 1.82) is 10.7 Å². The Balaban J connectivity index is 2.26. The number of amidine groups is 1. The van der Waals surface area contributed by atoms with Crippen molar-refractivity contribution in [1.82, 2.24) is 0 Å². The number of hydrazone groups is 1. The van der Waals surface area contributed by atoms with Crippen molar-refractivity contribution in [3.8, 4) is 11.8 Å². The average Bonchev–Trinajstić information content (AvgIpc) is 2.62. The minimum atomic E-state index is -0.466. The molecular formula is C17H16N6O2. The molecule has 25 heavy (non-hydrogen) atoms. The maximum atomic E-state index is 12.3. The third-order valence-electron chi connectivity index (χ3n) is 3.14. The van der Waals surface area contributed by atoms with E-state index in [1.165, 1.54) is 13.2 Å². The minimum Gasteiger partial charge on any atom is -0.495 e. The molecule has 8 heteroatoms. The van der Waals surface area contributed by atoms with Crippen LogP contribution in [0.1, 0.15) is 10.4 Å². The van der Waals surface area contributed by atoms with Crippen LogP contribution < -0.4 is 21.2 Å². The number of amides is 1. The van der Waals surface area contributed by atoms with Gasteiger partial charge in [-0.15, -0.1) is 0 Å². The number of carbonyl (C=O) groups is 1. The molecule has 0 spiro atoms. The molecule has 0 aliphatic rings. The molecule has 0 bridgehead atoms. The number of para-hydroxylation sites is 1. The van der Waals surface area contributed by atoms with E-state index in [9.17, 15) is 4.79 Å². The number of ether oxygens (including phenoxy) is 1. The van der Waals surface area contributed by atoms with Gasteiger partial charge in [0.25, 0.3) is 5.91 Å². The topological polar surface area (TPSA) is 136 Å². The lowest BCUT2D eigenvalue weighted by atomic mass is 10.1. The molecule has 8 nitrogen and oxygen atoms in total. The van der Waals surface area contributed by atoms with Gasteiger partial charge in [-0.1, -0.05) is 18.2 Å². The molecule has 2 aromatic carbocycles. The van der Waals surface area contributed by atoms with Crippen LogP contribution in [0.5, 0.6) is 5.75 Å². The second kappa shape index (κ2) is 8.12. The fraction of sp³-hybridized carbons (Fsp3) is 0.0588. The van der Waals surface area contributed by atoms with Gasteiger partial charge >= 0.3 is 0 Å². The van der Waals surface area contributed by atoms with Crippen molar-refractivity contribution in [3.05, 3.63) is 54.1 Å². The molecule has 0 heterocycles. The van der Waals surface area contributed by atoms with Gasteiger partial charge in [-0.05, 0) is 30.3 Å². The lowest BCUT2D eigenvalue weighted by Gasteiger charge is -2.11. The molecule has 126 valence electrons. The lowest BCUT2D eigenvalue weighted by Crippen LogP contribution is -2.22. The molecule has 0 atom stereocenters. The fourth-order valence-corrected chi connectivity index (χ4v) is 1.92. The van der Waals surface area contributed by atoms with Crippen molar-refractivity contribution in [3.63, 3.8) is 0 Å². The molecular weight excluding hydrogens is 320 g/mol. The van der Waals surface area contributed by atoms with Gasteiger partial charge in [0.2, 0.25) is 5.71 Å². The van der Waals surface area contributed by atoms with Crippen molar-refractivity contribution in [2.45, 2.75) is 0 Å². The van der Waals surface area contributed by atoms with E-state index in [1.54, 1.807) is 30.3 Å². The molecule has 1 amide bonds. The Morgan fingerprint density at radius 3 is 2.60 bits per heavy atom. The number of benzene rings is 2.